The van der Waals surface area contributed by atoms with Gasteiger partial charge in [-0.1, -0.05) is 23.2 Å². The van der Waals surface area contributed by atoms with Crippen LogP contribution in [0.1, 0.15) is 0 Å². The van der Waals surface area contributed by atoms with Crippen molar-refractivity contribution in [3.8, 4) is 0 Å². The lowest BCUT2D eigenvalue weighted by molar-refractivity contribution is -0.132. The molecule has 0 aromatic heterocycles. The Hall–Kier alpha value is -0.670. The van der Waals surface area contributed by atoms with Gasteiger partial charge in [0.25, 0.3) is 0 Å². The molecule has 1 aliphatic heterocycles. The normalized spacial score (nSPS) is 23.3. The van der Waals surface area contributed by atoms with Crippen molar-refractivity contribution in [3.05, 3.63) is 22.9 Å². The van der Waals surface area contributed by atoms with Crippen LogP contribution in [-0.4, -0.2) is 16.6 Å². The molecule has 0 fully saturated rings. The highest BCUT2D eigenvalue weighted by Crippen LogP contribution is 2.16. The van der Waals surface area contributed by atoms with Crippen molar-refractivity contribution in [2.24, 2.45) is 0 Å². The topological polar surface area (TPSA) is 49.3 Å². The minimum absolute atomic E-state index is 0.0936. The van der Waals surface area contributed by atoms with Gasteiger partial charge in [-0.3, -0.25) is 0 Å². The van der Waals surface area contributed by atoms with Crippen LogP contribution in [0.2, 0.25) is 0 Å². The predicted molar refractivity (Wildman–Crippen MR) is 42.4 cm³/mol. The summed E-state index contributed by atoms with van der Waals surface area (Å²) in [4.78, 5) is 10.4. The van der Waals surface area contributed by atoms with Crippen LogP contribution >= 0.6 is 23.2 Å². The van der Waals surface area contributed by atoms with Gasteiger partial charge in [0.1, 0.15) is 10.7 Å². The number of rotatable bonds is 1. The molecule has 0 bridgehead atoms. The first-order valence-corrected chi connectivity index (χ1v) is 3.64. The van der Waals surface area contributed by atoms with Crippen LogP contribution in [0.25, 0.3) is 0 Å². The van der Waals surface area contributed by atoms with Crippen molar-refractivity contribution < 1.29 is 9.90 Å². The molecule has 0 aromatic rings. The molecule has 60 valence electrons. The third-order valence-electron chi connectivity index (χ3n) is 1.19. The van der Waals surface area contributed by atoms with Gasteiger partial charge in [0.2, 0.25) is 0 Å². The maximum absolute atomic E-state index is 10.4. The fourth-order valence-electron chi connectivity index (χ4n) is 0.674. The van der Waals surface area contributed by atoms with E-state index in [2.05, 4.69) is 5.32 Å². The molecule has 11 heavy (non-hydrogen) atoms. The lowest BCUT2D eigenvalue weighted by Crippen LogP contribution is -2.29. The monoisotopic (exact) mass is 193 g/mol. The summed E-state index contributed by atoms with van der Waals surface area (Å²) in [5, 5.41) is 11.4. The van der Waals surface area contributed by atoms with Crippen molar-refractivity contribution >= 4 is 29.2 Å². The van der Waals surface area contributed by atoms with Crippen molar-refractivity contribution in [1.82, 2.24) is 5.32 Å². The number of allylic oxidation sites excluding steroid dienone is 2. The summed E-state index contributed by atoms with van der Waals surface area (Å²) >= 11 is 11.1. The second-order valence-electron chi connectivity index (χ2n) is 1.95. The highest BCUT2D eigenvalue weighted by Gasteiger charge is 2.20. The Balaban J connectivity index is 2.87. The Bertz CT molecular complexity index is 247. The highest BCUT2D eigenvalue weighted by atomic mass is 35.5. The molecule has 0 saturated carbocycles. The zero-order valence-electron chi connectivity index (χ0n) is 5.34. The molecule has 3 nitrogen and oxygen atoms in total. The Morgan fingerprint density at radius 3 is 2.73 bits per heavy atom. The summed E-state index contributed by atoms with van der Waals surface area (Å²) in [5.74, 6) is -1.04. The molecule has 0 aliphatic carbocycles. The van der Waals surface area contributed by atoms with E-state index in [1.54, 1.807) is 0 Å². The number of nitrogens with one attached hydrogen (secondary N) is 1. The van der Waals surface area contributed by atoms with Crippen LogP contribution in [0.15, 0.2) is 22.9 Å². The van der Waals surface area contributed by atoms with E-state index in [1.165, 1.54) is 12.2 Å². The molecule has 5 heteroatoms. The molecule has 0 radical (unpaired) electrons. The number of carboxylic acids is 1. The van der Waals surface area contributed by atoms with Gasteiger partial charge in [0.15, 0.2) is 0 Å². The van der Waals surface area contributed by atoms with Gasteiger partial charge >= 0.3 is 5.97 Å². The van der Waals surface area contributed by atoms with E-state index in [1.807, 2.05) is 0 Å². The van der Waals surface area contributed by atoms with Crippen LogP contribution in [0, 0.1) is 0 Å². The number of halogens is 2. The van der Waals surface area contributed by atoms with Gasteiger partial charge in [-0.2, -0.15) is 0 Å². The molecule has 0 saturated heterocycles. The van der Waals surface area contributed by atoms with Gasteiger partial charge in [0, 0.05) is 0 Å². The smallest absolute Gasteiger partial charge is 0.334 e. The summed E-state index contributed by atoms with van der Waals surface area (Å²) in [6.45, 7) is 0. The van der Waals surface area contributed by atoms with E-state index in [0.717, 1.165) is 0 Å². The quantitative estimate of drug-likeness (QED) is 0.487. The first kappa shape index (κ1) is 8.43. The average molecular weight is 194 g/mol. The highest BCUT2D eigenvalue weighted by molar-refractivity contribution is 6.31. The van der Waals surface area contributed by atoms with Crippen LogP contribution in [0.5, 0.6) is 0 Å². The van der Waals surface area contributed by atoms with Crippen LogP contribution < -0.4 is 5.32 Å². The summed E-state index contributed by atoms with van der Waals surface area (Å²) < 4.78 is 0. The van der Waals surface area contributed by atoms with Crippen molar-refractivity contribution in [3.63, 3.8) is 0 Å². The van der Waals surface area contributed by atoms with E-state index in [9.17, 15) is 4.79 Å². The van der Waals surface area contributed by atoms with Crippen LogP contribution in [-0.2, 0) is 4.79 Å². The maximum Gasteiger partial charge on any atom is 0.334 e. The minimum atomic E-state index is -1.04. The van der Waals surface area contributed by atoms with Crippen molar-refractivity contribution in [2.75, 3.05) is 0 Å². The zero-order chi connectivity index (χ0) is 8.43. The molecular weight excluding hydrogens is 189 g/mol. The van der Waals surface area contributed by atoms with Crippen LogP contribution in [0.3, 0.4) is 0 Å². The predicted octanol–water partition coefficient (Wildman–Crippen LogP) is 1.25. The largest absolute Gasteiger partial charge is 0.478 e. The molecule has 1 aliphatic rings. The Kier molecular flexibility index (Phi) is 2.42. The van der Waals surface area contributed by atoms with Gasteiger partial charge in [-0.25, -0.2) is 4.79 Å². The Morgan fingerprint density at radius 1 is 1.64 bits per heavy atom. The van der Waals surface area contributed by atoms with Gasteiger partial charge in [-0.05, 0) is 12.2 Å². The molecule has 0 amide bonds. The third kappa shape index (κ3) is 1.88. The lowest BCUT2D eigenvalue weighted by Gasteiger charge is -2.15. The summed E-state index contributed by atoms with van der Waals surface area (Å²) in [6, 6.07) is 0. The second-order valence-corrected chi connectivity index (χ2v) is 2.79. The van der Waals surface area contributed by atoms with Gasteiger partial charge < -0.3 is 10.4 Å². The molecule has 2 N–H and O–H groups in total. The maximum atomic E-state index is 10.4. The molecule has 1 atom stereocenters. The Labute approximate surface area is 73.3 Å². The molecular formula is C6H5Cl2NO2. The molecule has 1 heterocycles. The van der Waals surface area contributed by atoms with Crippen molar-refractivity contribution in [1.29, 1.82) is 0 Å². The number of carbonyl (C=O) groups is 1. The number of hydrogen-bond acceptors (Lipinski definition) is 2. The molecule has 1 unspecified atom stereocenters. The molecule has 0 spiro atoms. The first-order valence-electron chi connectivity index (χ1n) is 2.82. The second kappa shape index (κ2) is 3.15. The minimum Gasteiger partial charge on any atom is -0.478 e. The number of alkyl halides is 1. The standard InChI is InChI=1S/C6H5Cl2NO2/c7-4-2-1-3(6(10)11)5(8)9-4/h1-2,5,9H,(H,10,11). The van der Waals surface area contributed by atoms with E-state index in [-0.39, 0.29) is 5.57 Å². The summed E-state index contributed by atoms with van der Waals surface area (Å²) in [5.41, 5.74) is -0.652. The zero-order valence-corrected chi connectivity index (χ0v) is 6.86. The van der Waals surface area contributed by atoms with E-state index < -0.39 is 11.5 Å². The molecule has 1 rings (SSSR count). The fourth-order valence-corrected chi connectivity index (χ4v) is 1.19. The number of dihydropyridines is 1. The lowest BCUT2D eigenvalue weighted by atomic mass is 10.2. The number of hydrogen-bond donors (Lipinski definition) is 2. The molecule has 0 aromatic carbocycles. The van der Waals surface area contributed by atoms with Crippen molar-refractivity contribution in [2.45, 2.75) is 5.50 Å². The SMILES string of the molecule is O=C(O)C1=CC=C(Cl)NC1Cl. The Morgan fingerprint density at radius 2 is 2.27 bits per heavy atom. The van der Waals surface area contributed by atoms with Gasteiger partial charge in [-0.15, -0.1) is 0 Å². The fraction of sp³-hybridized carbons (Fsp3) is 0.167. The van der Waals surface area contributed by atoms with E-state index >= 15 is 0 Å². The van der Waals surface area contributed by atoms with E-state index in [0.29, 0.717) is 5.16 Å². The van der Waals surface area contributed by atoms with Crippen LogP contribution in [0.4, 0.5) is 0 Å². The third-order valence-corrected chi connectivity index (χ3v) is 1.77. The first-order chi connectivity index (χ1) is 5.11. The average Bonchev–Trinajstić information content (AvgIpc) is 1.85. The number of carboxylic acid groups (broad SMARTS) is 1. The summed E-state index contributed by atoms with van der Waals surface area (Å²) in [6.07, 6.45) is 2.82. The summed E-state index contributed by atoms with van der Waals surface area (Å²) in [7, 11) is 0. The number of aliphatic carboxylic acids is 1. The van der Waals surface area contributed by atoms with Gasteiger partial charge in [0.05, 0.1) is 5.57 Å². The van der Waals surface area contributed by atoms with E-state index in [4.69, 9.17) is 28.3 Å².